The molecular weight excluding hydrogens is 655 g/mol. The number of fused-ring (bicyclic) bond motifs is 4. The van der Waals surface area contributed by atoms with Crippen LogP contribution < -0.4 is 4.90 Å². The van der Waals surface area contributed by atoms with Crippen LogP contribution >= 0.6 is 0 Å². The molecule has 0 bridgehead atoms. The highest BCUT2D eigenvalue weighted by molar-refractivity contribution is 6.11. The molecule has 2 heteroatoms. The van der Waals surface area contributed by atoms with Crippen molar-refractivity contribution in [3.8, 4) is 44.5 Å². The van der Waals surface area contributed by atoms with Crippen molar-refractivity contribution in [1.82, 2.24) is 0 Å². The minimum atomic E-state index is 0.856. The number of rotatable bonds is 7. The van der Waals surface area contributed by atoms with Crippen LogP contribution in [0.2, 0.25) is 0 Å². The Morgan fingerprint density at radius 1 is 0.333 bits per heavy atom. The standard InChI is InChI=1S/C52H35NO/c1-3-18-37(19-4-1)41-23-9-10-26-45(41)51-42(38-20-5-2-6-21-38)27-15-28-46(51)43-24-11-13-30-48(43)53(40-34-33-36-17-7-8-22-39(36)35-40)49-31-16-29-47-44-25-12-14-32-50(44)54-52(47)49/h1-35H. The normalized spacial score (nSPS) is 11.3. The zero-order chi connectivity index (χ0) is 35.8. The summed E-state index contributed by atoms with van der Waals surface area (Å²) in [4.78, 5) is 2.38. The number of benzene rings is 9. The Balaban J connectivity index is 1.28. The van der Waals surface area contributed by atoms with E-state index in [9.17, 15) is 0 Å². The molecule has 10 rings (SSSR count). The largest absolute Gasteiger partial charge is 0.454 e. The van der Waals surface area contributed by atoms with Gasteiger partial charge in [-0.25, -0.2) is 0 Å². The molecule has 0 unspecified atom stereocenters. The molecule has 54 heavy (non-hydrogen) atoms. The van der Waals surface area contributed by atoms with Crippen LogP contribution in [0.1, 0.15) is 0 Å². The number of nitrogens with zero attached hydrogens (tertiary/aromatic N) is 1. The Hall–Kier alpha value is -7.16. The van der Waals surface area contributed by atoms with Crippen molar-refractivity contribution in [2.75, 3.05) is 4.90 Å². The van der Waals surface area contributed by atoms with Gasteiger partial charge in [0.1, 0.15) is 5.58 Å². The van der Waals surface area contributed by atoms with Crippen LogP contribution in [0.3, 0.4) is 0 Å². The van der Waals surface area contributed by atoms with Crippen molar-refractivity contribution < 1.29 is 4.42 Å². The van der Waals surface area contributed by atoms with Crippen LogP contribution in [0.15, 0.2) is 217 Å². The summed E-state index contributed by atoms with van der Waals surface area (Å²) in [6, 6.07) is 75.9. The molecule has 1 aromatic heterocycles. The minimum absolute atomic E-state index is 0.856. The molecule has 0 radical (unpaired) electrons. The van der Waals surface area contributed by atoms with Crippen molar-refractivity contribution in [2.45, 2.75) is 0 Å². The lowest BCUT2D eigenvalue weighted by Gasteiger charge is -2.29. The van der Waals surface area contributed by atoms with Gasteiger partial charge in [-0.05, 0) is 80.0 Å². The fourth-order valence-corrected chi connectivity index (χ4v) is 8.02. The second-order valence-corrected chi connectivity index (χ2v) is 13.6. The molecule has 0 N–H and O–H groups in total. The molecule has 10 aromatic rings. The highest BCUT2D eigenvalue weighted by Gasteiger charge is 2.25. The summed E-state index contributed by atoms with van der Waals surface area (Å²) < 4.78 is 6.73. The molecule has 0 saturated carbocycles. The summed E-state index contributed by atoms with van der Waals surface area (Å²) in [7, 11) is 0. The Morgan fingerprint density at radius 2 is 0.889 bits per heavy atom. The van der Waals surface area contributed by atoms with Gasteiger partial charge in [0.25, 0.3) is 0 Å². The topological polar surface area (TPSA) is 16.4 Å². The molecule has 0 aliphatic heterocycles. The van der Waals surface area contributed by atoms with Gasteiger partial charge in [0.2, 0.25) is 0 Å². The van der Waals surface area contributed by atoms with Crippen LogP contribution in [0, 0.1) is 0 Å². The third kappa shape index (κ3) is 5.44. The predicted octanol–water partition coefficient (Wildman–Crippen LogP) is 14.9. The smallest absolute Gasteiger partial charge is 0.159 e. The molecule has 1 heterocycles. The quantitative estimate of drug-likeness (QED) is 0.166. The number of furan rings is 1. The van der Waals surface area contributed by atoms with Gasteiger partial charge in [-0.2, -0.15) is 0 Å². The molecule has 9 aromatic carbocycles. The maximum absolute atomic E-state index is 6.73. The lowest BCUT2D eigenvalue weighted by Crippen LogP contribution is -2.11. The van der Waals surface area contributed by atoms with E-state index in [1.54, 1.807) is 0 Å². The van der Waals surface area contributed by atoms with E-state index in [1.165, 1.54) is 44.2 Å². The van der Waals surface area contributed by atoms with Crippen LogP contribution in [0.25, 0.3) is 77.2 Å². The Bertz CT molecular complexity index is 2940. The zero-order valence-corrected chi connectivity index (χ0v) is 29.6. The van der Waals surface area contributed by atoms with E-state index in [1.807, 2.05) is 6.07 Å². The molecule has 0 amide bonds. The first-order valence-electron chi connectivity index (χ1n) is 18.4. The molecule has 0 aliphatic carbocycles. The number of anilines is 3. The van der Waals surface area contributed by atoms with E-state index in [-0.39, 0.29) is 0 Å². The summed E-state index contributed by atoms with van der Waals surface area (Å²) in [5.41, 5.74) is 14.2. The van der Waals surface area contributed by atoms with Gasteiger partial charge in [0.05, 0.1) is 11.4 Å². The third-order valence-electron chi connectivity index (χ3n) is 10.5. The van der Waals surface area contributed by atoms with Crippen LogP contribution in [-0.4, -0.2) is 0 Å². The van der Waals surface area contributed by atoms with Crippen molar-refractivity contribution in [3.05, 3.63) is 212 Å². The number of hydrogen-bond donors (Lipinski definition) is 0. The average molecular weight is 690 g/mol. The molecule has 0 aliphatic rings. The van der Waals surface area contributed by atoms with Gasteiger partial charge in [-0.1, -0.05) is 182 Å². The number of hydrogen-bond acceptors (Lipinski definition) is 2. The zero-order valence-electron chi connectivity index (χ0n) is 29.6. The van der Waals surface area contributed by atoms with E-state index in [0.717, 1.165) is 50.1 Å². The molecule has 2 nitrogen and oxygen atoms in total. The Morgan fingerprint density at radius 3 is 1.70 bits per heavy atom. The number of para-hydroxylation sites is 3. The first-order chi connectivity index (χ1) is 26.8. The highest BCUT2D eigenvalue weighted by Crippen LogP contribution is 2.50. The van der Waals surface area contributed by atoms with Gasteiger partial charge >= 0.3 is 0 Å². The second-order valence-electron chi connectivity index (χ2n) is 13.6. The van der Waals surface area contributed by atoms with Gasteiger partial charge < -0.3 is 9.32 Å². The van der Waals surface area contributed by atoms with Crippen LogP contribution in [0.5, 0.6) is 0 Å². The lowest BCUT2D eigenvalue weighted by molar-refractivity contribution is 0.669. The maximum atomic E-state index is 6.73. The van der Waals surface area contributed by atoms with E-state index in [0.29, 0.717) is 0 Å². The SMILES string of the molecule is c1ccc(-c2ccccc2-c2c(-c3ccccc3)cccc2-c2ccccc2N(c2ccc3ccccc3c2)c2cccc3c2oc2ccccc23)cc1. The third-order valence-corrected chi connectivity index (χ3v) is 10.5. The van der Waals surface area contributed by atoms with Gasteiger partial charge in [-0.15, -0.1) is 0 Å². The van der Waals surface area contributed by atoms with Gasteiger partial charge in [0, 0.05) is 22.0 Å². The predicted molar refractivity (Wildman–Crippen MR) is 228 cm³/mol. The molecule has 0 fully saturated rings. The monoisotopic (exact) mass is 689 g/mol. The summed E-state index contributed by atoms with van der Waals surface area (Å²) >= 11 is 0. The average Bonchev–Trinajstić information content (AvgIpc) is 3.64. The van der Waals surface area contributed by atoms with Crippen LogP contribution in [-0.2, 0) is 0 Å². The molecule has 0 atom stereocenters. The fourth-order valence-electron chi connectivity index (χ4n) is 8.02. The second kappa shape index (κ2) is 13.4. The van der Waals surface area contributed by atoms with Crippen molar-refractivity contribution in [3.63, 3.8) is 0 Å². The van der Waals surface area contributed by atoms with Gasteiger partial charge in [0.15, 0.2) is 5.58 Å². The molecular formula is C52H35NO. The molecule has 0 saturated heterocycles. The highest BCUT2D eigenvalue weighted by atomic mass is 16.3. The first-order valence-corrected chi connectivity index (χ1v) is 18.4. The van der Waals surface area contributed by atoms with Crippen molar-refractivity contribution in [1.29, 1.82) is 0 Å². The van der Waals surface area contributed by atoms with E-state index >= 15 is 0 Å². The minimum Gasteiger partial charge on any atom is -0.454 e. The van der Waals surface area contributed by atoms with Crippen LogP contribution in [0.4, 0.5) is 17.1 Å². The Kier molecular flexibility index (Phi) is 7.85. The van der Waals surface area contributed by atoms with E-state index in [4.69, 9.17) is 4.42 Å². The first kappa shape index (κ1) is 31.6. The van der Waals surface area contributed by atoms with Crippen molar-refractivity contribution >= 4 is 49.8 Å². The molecule has 254 valence electrons. The van der Waals surface area contributed by atoms with Gasteiger partial charge in [-0.3, -0.25) is 0 Å². The lowest BCUT2D eigenvalue weighted by atomic mass is 9.84. The van der Waals surface area contributed by atoms with Crippen molar-refractivity contribution in [2.24, 2.45) is 0 Å². The fraction of sp³-hybridized carbons (Fsp3) is 0. The maximum Gasteiger partial charge on any atom is 0.159 e. The van der Waals surface area contributed by atoms with E-state index < -0.39 is 0 Å². The summed E-state index contributed by atoms with van der Waals surface area (Å²) in [6.07, 6.45) is 0. The summed E-state index contributed by atoms with van der Waals surface area (Å²) in [6.45, 7) is 0. The van der Waals surface area contributed by atoms with E-state index in [2.05, 4.69) is 211 Å². The summed E-state index contributed by atoms with van der Waals surface area (Å²) in [5, 5.41) is 4.58. The Labute approximate surface area is 314 Å². The molecule has 0 spiro atoms. The summed E-state index contributed by atoms with van der Waals surface area (Å²) in [5.74, 6) is 0.